The fraction of sp³-hybridized carbons (Fsp3) is 0.125. The normalized spacial score (nSPS) is 11.0. The molecule has 4 rings (SSSR count). The van der Waals surface area contributed by atoms with Gasteiger partial charge in [-0.2, -0.15) is 0 Å². The number of benzene rings is 3. The van der Waals surface area contributed by atoms with Gasteiger partial charge < -0.3 is 0 Å². The Bertz CT molecular complexity index is 1020. The Morgan fingerprint density at radius 2 is 1.36 bits per heavy atom. The van der Waals surface area contributed by atoms with E-state index in [2.05, 4.69) is 92.7 Å². The van der Waals surface area contributed by atoms with E-state index in [9.17, 15) is 0 Å². The van der Waals surface area contributed by atoms with Crippen molar-refractivity contribution in [3.8, 4) is 22.4 Å². The van der Waals surface area contributed by atoms with Crippen LogP contribution in [-0.2, 0) is 6.42 Å². The van der Waals surface area contributed by atoms with E-state index in [0.717, 1.165) is 17.6 Å². The van der Waals surface area contributed by atoms with Crippen molar-refractivity contribution >= 4 is 10.9 Å². The maximum absolute atomic E-state index is 5.06. The molecule has 0 N–H and O–H groups in total. The number of aryl methyl sites for hydroxylation is 1. The van der Waals surface area contributed by atoms with Crippen LogP contribution in [-0.4, -0.2) is 4.98 Å². The van der Waals surface area contributed by atoms with Crippen LogP contribution < -0.4 is 0 Å². The van der Waals surface area contributed by atoms with E-state index < -0.39 is 0 Å². The summed E-state index contributed by atoms with van der Waals surface area (Å²) in [5.74, 6) is 0. The van der Waals surface area contributed by atoms with E-state index in [0.29, 0.717) is 0 Å². The van der Waals surface area contributed by atoms with Crippen LogP contribution in [0.3, 0.4) is 0 Å². The standard InChI is InChI=1S/C24H21N/c1-3-20-23(18-12-6-4-7-13-18)22-17(2)11-10-16-21(22)25-24(20)19-14-8-5-9-15-19/h4-16H,3H2,1-2H3. The van der Waals surface area contributed by atoms with E-state index in [1.165, 1.54) is 33.2 Å². The summed E-state index contributed by atoms with van der Waals surface area (Å²) < 4.78 is 0. The Morgan fingerprint density at radius 3 is 2.00 bits per heavy atom. The molecular weight excluding hydrogens is 302 g/mol. The number of nitrogens with zero attached hydrogens (tertiary/aromatic N) is 1. The van der Waals surface area contributed by atoms with Crippen molar-refractivity contribution in [1.82, 2.24) is 4.98 Å². The lowest BCUT2D eigenvalue weighted by molar-refractivity contribution is 1.12. The maximum Gasteiger partial charge on any atom is 0.0747 e. The number of aromatic nitrogens is 1. The summed E-state index contributed by atoms with van der Waals surface area (Å²) in [7, 11) is 0. The topological polar surface area (TPSA) is 12.9 Å². The molecule has 1 nitrogen and oxygen atoms in total. The number of fused-ring (bicyclic) bond motifs is 1. The molecule has 0 fully saturated rings. The van der Waals surface area contributed by atoms with E-state index in [-0.39, 0.29) is 0 Å². The summed E-state index contributed by atoms with van der Waals surface area (Å²) in [6.07, 6.45) is 0.950. The van der Waals surface area contributed by atoms with Gasteiger partial charge in [-0.15, -0.1) is 0 Å². The van der Waals surface area contributed by atoms with Crippen molar-refractivity contribution in [3.63, 3.8) is 0 Å². The Morgan fingerprint density at radius 1 is 0.720 bits per heavy atom. The predicted molar refractivity (Wildman–Crippen MR) is 107 cm³/mol. The molecule has 25 heavy (non-hydrogen) atoms. The summed E-state index contributed by atoms with van der Waals surface area (Å²) in [5.41, 5.74) is 8.52. The summed E-state index contributed by atoms with van der Waals surface area (Å²) in [5, 5.41) is 1.27. The lowest BCUT2D eigenvalue weighted by Gasteiger charge is -2.18. The van der Waals surface area contributed by atoms with Gasteiger partial charge in [0.25, 0.3) is 0 Å². The van der Waals surface area contributed by atoms with Crippen LogP contribution in [0.1, 0.15) is 18.1 Å². The van der Waals surface area contributed by atoms with Crippen LogP contribution in [0.2, 0.25) is 0 Å². The molecule has 122 valence electrons. The quantitative estimate of drug-likeness (QED) is 0.423. The van der Waals surface area contributed by atoms with Gasteiger partial charge in [0.1, 0.15) is 0 Å². The molecule has 3 aromatic carbocycles. The fourth-order valence-corrected chi connectivity index (χ4v) is 3.63. The molecule has 0 saturated carbocycles. The van der Waals surface area contributed by atoms with E-state index >= 15 is 0 Å². The van der Waals surface area contributed by atoms with Gasteiger partial charge in [0.15, 0.2) is 0 Å². The molecule has 0 spiro atoms. The van der Waals surface area contributed by atoms with E-state index in [4.69, 9.17) is 4.98 Å². The molecular formula is C24H21N. The Labute approximate surface area is 149 Å². The number of hydrogen-bond acceptors (Lipinski definition) is 1. The highest BCUT2D eigenvalue weighted by molar-refractivity contribution is 6.01. The highest BCUT2D eigenvalue weighted by Gasteiger charge is 2.17. The second-order valence-electron chi connectivity index (χ2n) is 6.37. The molecule has 0 saturated heterocycles. The van der Waals surface area contributed by atoms with Gasteiger partial charge in [-0.25, -0.2) is 4.98 Å². The lowest BCUT2D eigenvalue weighted by Crippen LogP contribution is -1.99. The van der Waals surface area contributed by atoms with Gasteiger partial charge >= 0.3 is 0 Å². The number of rotatable bonds is 3. The lowest BCUT2D eigenvalue weighted by atomic mass is 9.89. The van der Waals surface area contributed by atoms with Gasteiger partial charge in [-0.1, -0.05) is 79.7 Å². The number of hydrogen-bond donors (Lipinski definition) is 0. The molecule has 1 heterocycles. The molecule has 0 unspecified atom stereocenters. The molecule has 1 aromatic heterocycles. The minimum atomic E-state index is 0.950. The molecule has 0 bridgehead atoms. The van der Waals surface area contributed by atoms with Gasteiger partial charge in [-0.05, 0) is 41.7 Å². The average molecular weight is 323 g/mol. The highest BCUT2D eigenvalue weighted by Crippen LogP contribution is 2.38. The number of pyridine rings is 1. The van der Waals surface area contributed by atoms with Crippen LogP contribution in [0.15, 0.2) is 78.9 Å². The van der Waals surface area contributed by atoms with Crippen LogP contribution in [0, 0.1) is 6.92 Å². The molecule has 0 amide bonds. The van der Waals surface area contributed by atoms with Gasteiger partial charge in [0.2, 0.25) is 0 Å². The minimum Gasteiger partial charge on any atom is -0.247 e. The van der Waals surface area contributed by atoms with Gasteiger partial charge in [0, 0.05) is 10.9 Å². The van der Waals surface area contributed by atoms with Crippen molar-refractivity contribution in [1.29, 1.82) is 0 Å². The first kappa shape index (κ1) is 15.6. The molecule has 0 radical (unpaired) electrons. The Balaban J connectivity index is 2.16. The summed E-state index contributed by atoms with van der Waals surface area (Å²) in [6.45, 7) is 4.40. The Hall–Kier alpha value is -2.93. The maximum atomic E-state index is 5.06. The van der Waals surface area contributed by atoms with Crippen LogP contribution in [0.5, 0.6) is 0 Å². The predicted octanol–water partition coefficient (Wildman–Crippen LogP) is 6.44. The Kier molecular flexibility index (Phi) is 4.07. The molecule has 0 aliphatic rings. The summed E-state index contributed by atoms with van der Waals surface area (Å²) >= 11 is 0. The first-order valence-corrected chi connectivity index (χ1v) is 8.82. The SMILES string of the molecule is CCc1c(-c2ccccc2)nc2cccc(C)c2c1-c1ccccc1. The summed E-state index contributed by atoms with van der Waals surface area (Å²) in [4.78, 5) is 5.06. The first-order valence-electron chi connectivity index (χ1n) is 8.82. The molecule has 0 aliphatic heterocycles. The zero-order valence-corrected chi connectivity index (χ0v) is 14.7. The molecule has 0 atom stereocenters. The molecule has 0 aliphatic carbocycles. The smallest absolute Gasteiger partial charge is 0.0747 e. The third-order valence-corrected chi connectivity index (χ3v) is 4.78. The van der Waals surface area contributed by atoms with Crippen molar-refractivity contribution in [2.24, 2.45) is 0 Å². The largest absolute Gasteiger partial charge is 0.247 e. The van der Waals surface area contributed by atoms with Gasteiger partial charge in [0.05, 0.1) is 11.2 Å². The zero-order valence-electron chi connectivity index (χ0n) is 14.7. The minimum absolute atomic E-state index is 0.950. The highest BCUT2D eigenvalue weighted by atomic mass is 14.7. The third-order valence-electron chi connectivity index (χ3n) is 4.78. The van der Waals surface area contributed by atoms with Crippen LogP contribution in [0.25, 0.3) is 33.3 Å². The van der Waals surface area contributed by atoms with E-state index in [1.54, 1.807) is 0 Å². The summed E-state index contributed by atoms with van der Waals surface area (Å²) in [6, 6.07) is 27.6. The van der Waals surface area contributed by atoms with Crippen LogP contribution in [0.4, 0.5) is 0 Å². The fourth-order valence-electron chi connectivity index (χ4n) is 3.63. The molecule has 1 heteroatoms. The van der Waals surface area contributed by atoms with E-state index in [1.807, 2.05) is 0 Å². The second kappa shape index (κ2) is 6.52. The first-order chi connectivity index (χ1) is 12.3. The van der Waals surface area contributed by atoms with Gasteiger partial charge in [-0.3, -0.25) is 0 Å². The average Bonchev–Trinajstić information content (AvgIpc) is 2.68. The zero-order chi connectivity index (χ0) is 17.2. The van der Waals surface area contributed by atoms with Crippen LogP contribution >= 0.6 is 0 Å². The third kappa shape index (κ3) is 2.72. The molecule has 4 aromatic rings. The second-order valence-corrected chi connectivity index (χ2v) is 6.37. The van der Waals surface area contributed by atoms with Crippen molar-refractivity contribution in [2.75, 3.05) is 0 Å². The van der Waals surface area contributed by atoms with Crippen molar-refractivity contribution in [3.05, 3.63) is 90.0 Å². The monoisotopic (exact) mass is 323 g/mol. The van der Waals surface area contributed by atoms with Crippen molar-refractivity contribution < 1.29 is 0 Å². The van der Waals surface area contributed by atoms with Crippen molar-refractivity contribution in [2.45, 2.75) is 20.3 Å².